The molecule has 1 aliphatic rings. The lowest BCUT2D eigenvalue weighted by Crippen LogP contribution is -2.38. The Labute approximate surface area is 74.6 Å². The molecule has 1 aliphatic carbocycles. The van der Waals surface area contributed by atoms with Crippen LogP contribution < -0.4 is 0 Å². The molecule has 1 N–H and O–H groups in total. The summed E-state index contributed by atoms with van der Waals surface area (Å²) in [5.74, 6) is 0. The summed E-state index contributed by atoms with van der Waals surface area (Å²) in [5.41, 5.74) is 16.5. The molecule has 0 radical (unpaired) electrons. The van der Waals surface area contributed by atoms with Gasteiger partial charge in [0.1, 0.15) is 0 Å². The maximum atomic E-state index is 9.45. The van der Waals surface area contributed by atoms with Crippen LogP contribution in [-0.2, 0) is 0 Å². The van der Waals surface area contributed by atoms with Gasteiger partial charge in [-0.25, -0.2) is 0 Å². The van der Waals surface area contributed by atoms with Crippen molar-refractivity contribution < 1.29 is 5.11 Å². The number of azide groups is 2. The molecule has 0 bridgehead atoms. The molecule has 0 aromatic rings. The average Bonchev–Trinajstić information content (AvgIpc) is 2.11. The Hall–Kier alpha value is -1.42. The fraction of sp³-hybridized carbons (Fsp3) is 1.00. The molecule has 0 amide bonds. The van der Waals surface area contributed by atoms with E-state index in [-0.39, 0.29) is 0 Å². The van der Waals surface area contributed by atoms with E-state index in [2.05, 4.69) is 20.1 Å². The third-order valence-corrected chi connectivity index (χ3v) is 2.17. The van der Waals surface area contributed by atoms with Crippen LogP contribution in [0.15, 0.2) is 10.2 Å². The second-order valence-electron chi connectivity index (χ2n) is 2.97. The Morgan fingerprint density at radius 2 is 1.85 bits per heavy atom. The summed E-state index contributed by atoms with van der Waals surface area (Å²) < 4.78 is 0. The largest absolute Gasteiger partial charge is 0.393 e. The van der Waals surface area contributed by atoms with Gasteiger partial charge in [-0.05, 0) is 23.9 Å². The van der Waals surface area contributed by atoms with Crippen molar-refractivity contribution in [3.63, 3.8) is 0 Å². The zero-order valence-electron chi connectivity index (χ0n) is 6.98. The van der Waals surface area contributed by atoms with Gasteiger partial charge in [0.25, 0.3) is 0 Å². The Morgan fingerprint density at radius 1 is 1.15 bits per heavy atom. The fourth-order valence-corrected chi connectivity index (χ4v) is 1.54. The summed E-state index contributed by atoms with van der Waals surface area (Å²) >= 11 is 0. The Morgan fingerprint density at radius 3 is 2.46 bits per heavy atom. The van der Waals surface area contributed by atoms with Crippen molar-refractivity contribution in [2.45, 2.75) is 37.5 Å². The molecular formula is C6H10N6O. The molecular weight excluding hydrogens is 172 g/mol. The highest BCUT2D eigenvalue weighted by molar-refractivity contribution is 4.92. The zero-order valence-corrected chi connectivity index (χ0v) is 6.98. The first kappa shape index (κ1) is 9.67. The number of hydrogen-bond donors (Lipinski definition) is 1. The molecule has 13 heavy (non-hydrogen) atoms. The molecule has 7 heteroatoms. The summed E-state index contributed by atoms with van der Waals surface area (Å²) in [6.45, 7) is 0. The van der Waals surface area contributed by atoms with Crippen molar-refractivity contribution in [2.75, 3.05) is 0 Å². The van der Waals surface area contributed by atoms with E-state index in [1.165, 1.54) is 0 Å². The number of rotatable bonds is 2. The number of aliphatic hydroxyl groups is 1. The monoisotopic (exact) mass is 182 g/mol. The van der Waals surface area contributed by atoms with Crippen molar-refractivity contribution in [2.24, 2.45) is 10.2 Å². The van der Waals surface area contributed by atoms with Crippen LogP contribution in [0.3, 0.4) is 0 Å². The van der Waals surface area contributed by atoms with Crippen LogP contribution in [0.1, 0.15) is 19.3 Å². The van der Waals surface area contributed by atoms with E-state index in [1.807, 2.05) is 0 Å². The quantitative estimate of drug-likeness (QED) is 0.391. The van der Waals surface area contributed by atoms with Crippen LogP contribution in [0.25, 0.3) is 20.9 Å². The molecule has 0 spiro atoms. The van der Waals surface area contributed by atoms with E-state index in [4.69, 9.17) is 11.1 Å². The third-order valence-electron chi connectivity index (χ3n) is 2.17. The van der Waals surface area contributed by atoms with Crippen molar-refractivity contribution in [3.05, 3.63) is 20.9 Å². The summed E-state index contributed by atoms with van der Waals surface area (Å²) in [5, 5.41) is 16.4. The van der Waals surface area contributed by atoms with Gasteiger partial charge in [0.05, 0.1) is 12.1 Å². The van der Waals surface area contributed by atoms with Gasteiger partial charge in [-0.15, -0.1) is 0 Å². The van der Waals surface area contributed by atoms with Gasteiger partial charge in [0, 0.05) is 15.9 Å². The normalized spacial score (nSPS) is 32.8. The third kappa shape index (κ3) is 2.26. The molecule has 1 fully saturated rings. The van der Waals surface area contributed by atoms with Gasteiger partial charge in [0.15, 0.2) is 0 Å². The molecule has 1 rings (SSSR count). The summed E-state index contributed by atoms with van der Waals surface area (Å²) in [7, 11) is 0. The zero-order chi connectivity index (χ0) is 9.68. The molecule has 0 aromatic heterocycles. The minimum absolute atomic E-state index is 0.398. The van der Waals surface area contributed by atoms with Gasteiger partial charge >= 0.3 is 0 Å². The predicted molar refractivity (Wildman–Crippen MR) is 45.7 cm³/mol. The van der Waals surface area contributed by atoms with E-state index in [0.29, 0.717) is 12.8 Å². The lowest BCUT2D eigenvalue weighted by molar-refractivity contribution is 0.0978. The highest BCUT2D eigenvalue weighted by Gasteiger charge is 2.30. The van der Waals surface area contributed by atoms with Crippen molar-refractivity contribution in [1.29, 1.82) is 0 Å². The maximum absolute atomic E-state index is 9.45. The van der Waals surface area contributed by atoms with Crippen LogP contribution in [0.2, 0.25) is 0 Å². The molecule has 1 saturated carbocycles. The first-order valence-electron chi connectivity index (χ1n) is 4.06. The Balaban J connectivity index is 2.78. The van der Waals surface area contributed by atoms with E-state index in [9.17, 15) is 5.11 Å². The van der Waals surface area contributed by atoms with Crippen molar-refractivity contribution in [3.8, 4) is 0 Å². The SMILES string of the molecule is [N-]=[N+]=N[C@@H]1[C@H](O)CCC[C@@H]1N=[N+]=[N-]. The average molecular weight is 182 g/mol. The van der Waals surface area contributed by atoms with Gasteiger partial charge in [-0.2, -0.15) is 0 Å². The molecule has 0 saturated heterocycles. The van der Waals surface area contributed by atoms with Gasteiger partial charge in [-0.3, -0.25) is 0 Å². The Kier molecular flexibility index (Phi) is 3.40. The second kappa shape index (κ2) is 4.57. The molecule has 3 atom stereocenters. The molecule has 0 unspecified atom stereocenters. The summed E-state index contributed by atoms with van der Waals surface area (Å²) in [4.78, 5) is 5.28. The Bertz CT molecular complexity index is 266. The van der Waals surface area contributed by atoms with Crippen molar-refractivity contribution in [1.82, 2.24) is 0 Å². The van der Waals surface area contributed by atoms with Gasteiger partial charge in [0.2, 0.25) is 0 Å². The lowest BCUT2D eigenvalue weighted by Gasteiger charge is -2.28. The van der Waals surface area contributed by atoms with Crippen LogP contribution in [-0.4, -0.2) is 23.3 Å². The highest BCUT2D eigenvalue weighted by atomic mass is 16.3. The first-order valence-corrected chi connectivity index (χ1v) is 4.06. The smallest absolute Gasteiger partial charge is 0.0717 e. The standard InChI is InChI=1S/C6H10N6O/c7-11-9-4-2-1-3-5(13)6(4)10-12-8/h4-6,13H,1-3H2/t4-,5+,6-/m0/s1. The molecule has 0 aromatic carbocycles. The van der Waals surface area contributed by atoms with E-state index >= 15 is 0 Å². The lowest BCUT2D eigenvalue weighted by atomic mass is 9.89. The number of nitrogens with zero attached hydrogens (tertiary/aromatic N) is 6. The predicted octanol–water partition coefficient (Wildman–Crippen LogP) is 1.89. The maximum Gasteiger partial charge on any atom is 0.0717 e. The van der Waals surface area contributed by atoms with Crippen LogP contribution in [0, 0.1) is 0 Å². The summed E-state index contributed by atoms with van der Waals surface area (Å²) in [6, 6.07) is -1.00. The van der Waals surface area contributed by atoms with E-state index in [0.717, 1.165) is 6.42 Å². The van der Waals surface area contributed by atoms with Crippen molar-refractivity contribution >= 4 is 0 Å². The number of hydrogen-bond acceptors (Lipinski definition) is 3. The van der Waals surface area contributed by atoms with Crippen LogP contribution in [0.5, 0.6) is 0 Å². The molecule has 0 aliphatic heterocycles. The minimum Gasteiger partial charge on any atom is -0.393 e. The van der Waals surface area contributed by atoms with Crippen LogP contribution >= 0.6 is 0 Å². The minimum atomic E-state index is -0.680. The first-order chi connectivity index (χ1) is 6.29. The molecule has 0 heterocycles. The number of aliphatic hydroxyl groups excluding tert-OH is 1. The topological polar surface area (TPSA) is 118 Å². The van der Waals surface area contributed by atoms with Gasteiger partial charge < -0.3 is 5.11 Å². The van der Waals surface area contributed by atoms with E-state index in [1.54, 1.807) is 0 Å². The van der Waals surface area contributed by atoms with Crippen LogP contribution in [0.4, 0.5) is 0 Å². The fourth-order valence-electron chi connectivity index (χ4n) is 1.54. The highest BCUT2D eigenvalue weighted by Crippen LogP contribution is 2.24. The second-order valence-corrected chi connectivity index (χ2v) is 2.97. The molecule has 7 nitrogen and oxygen atoms in total. The van der Waals surface area contributed by atoms with Gasteiger partial charge in [-0.1, -0.05) is 16.6 Å². The molecule has 70 valence electrons. The van der Waals surface area contributed by atoms with E-state index < -0.39 is 18.2 Å². The summed E-state index contributed by atoms with van der Waals surface area (Å²) in [6.07, 6.45) is 1.38.